The average molecular weight is 341 g/mol. The van der Waals surface area contributed by atoms with Crippen LogP contribution in [0.4, 0.5) is 0 Å². The lowest BCUT2D eigenvalue weighted by Crippen LogP contribution is -2.40. The first kappa shape index (κ1) is 19.8. The number of hydrogen-bond donors (Lipinski definition) is 1. The number of amides is 1. The van der Waals surface area contributed by atoms with Crippen LogP contribution in [0, 0.1) is 5.92 Å². The molecule has 0 bridgehead atoms. The first-order chi connectivity index (χ1) is 10.6. The van der Waals surface area contributed by atoms with Gasteiger partial charge in [-0.25, -0.2) is 0 Å². The SMILES string of the molecule is CNCC1CCN(C(=O)CC(C)c2ccc(OC)cc2)CC1.Cl. The Morgan fingerprint density at radius 2 is 1.91 bits per heavy atom. The molecule has 1 heterocycles. The lowest BCUT2D eigenvalue weighted by Gasteiger charge is -2.32. The minimum absolute atomic E-state index is 0. The molecule has 1 amide bonds. The third kappa shape index (κ3) is 5.70. The van der Waals surface area contributed by atoms with Gasteiger partial charge in [0.2, 0.25) is 5.91 Å². The van der Waals surface area contributed by atoms with E-state index >= 15 is 0 Å². The second kappa shape index (κ2) is 9.78. The molecule has 0 aliphatic carbocycles. The summed E-state index contributed by atoms with van der Waals surface area (Å²) in [5, 5.41) is 3.23. The predicted molar refractivity (Wildman–Crippen MR) is 96.5 cm³/mol. The van der Waals surface area contributed by atoms with E-state index in [4.69, 9.17) is 4.74 Å². The van der Waals surface area contributed by atoms with Crippen molar-refractivity contribution in [2.24, 2.45) is 5.92 Å². The van der Waals surface area contributed by atoms with Gasteiger partial charge >= 0.3 is 0 Å². The van der Waals surface area contributed by atoms with Crippen LogP contribution >= 0.6 is 12.4 Å². The maximum Gasteiger partial charge on any atom is 0.223 e. The maximum absolute atomic E-state index is 12.5. The molecule has 0 saturated carbocycles. The maximum atomic E-state index is 12.5. The summed E-state index contributed by atoms with van der Waals surface area (Å²) in [5.74, 6) is 2.10. The molecule has 1 saturated heterocycles. The summed E-state index contributed by atoms with van der Waals surface area (Å²) < 4.78 is 5.17. The van der Waals surface area contributed by atoms with Crippen LogP contribution in [0.15, 0.2) is 24.3 Å². The highest BCUT2D eigenvalue weighted by Crippen LogP contribution is 2.24. The van der Waals surface area contributed by atoms with Gasteiger partial charge in [-0.15, -0.1) is 12.4 Å². The highest BCUT2D eigenvalue weighted by Gasteiger charge is 2.23. The first-order valence-electron chi connectivity index (χ1n) is 8.20. The molecule has 0 spiro atoms. The Morgan fingerprint density at radius 3 is 2.43 bits per heavy atom. The van der Waals surface area contributed by atoms with Gasteiger partial charge in [-0.1, -0.05) is 19.1 Å². The highest BCUT2D eigenvalue weighted by molar-refractivity contribution is 5.85. The van der Waals surface area contributed by atoms with E-state index in [0.717, 1.165) is 38.2 Å². The highest BCUT2D eigenvalue weighted by atomic mass is 35.5. The van der Waals surface area contributed by atoms with Gasteiger partial charge < -0.3 is 15.0 Å². The number of nitrogens with zero attached hydrogens (tertiary/aromatic N) is 1. The molecule has 1 N–H and O–H groups in total. The van der Waals surface area contributed by atoms with Crippen molar-refractivity contribution in [1.29, 1.82) is 0 Å². The third-order valence-corrected chi connectivity index (χ3v) is 4.63. The van der Waals surface area contributed by atoms with Crippen LogP contribution in [0.2, 0.25) is 0 Å². The van der Waals surface area contributed by atoms with Crippen LogP contribution < -0.4 is 10.1 Å². The van der Waals surface area contributed by atoms with E-state index in [2.05, 4.69) is 24.4 Å². The first-order valence-corrected chi connectivity index (χ1v) is 8.20. The van der Waals surface area contributed by atoms with Crippen LogP contribution in [0.3, 0.4) is 0 Å². The largest absolute Gasteiger partial charge is 0.497 e. The number of ether oxygens (including phenoxy) is 1. The molecular formula is C18H29ClN2O2. The Kier molecular flexibility index (Phi) is 8.42. The molecule has 1 aliphatic rings. The summed E-state index contributed by atoms with van der Waals surface area (Å²) in [6.07, 6.45) is 2.82. The van der Waals surface area contributed by atoms with Crippen LogP contribution in [0.25, 0.3) is 0 Å². The number of rotatable bonds is 6. The zero-order valence-corrected chi connectivity index (χ0v) is 15.2. The van der Waals surface area contributed by atoms with Crippen LogP contribution in [0.1, 0.15) is 37.7 Å². The zero-order chi connectivity index (χ0) is 15.9. The van der Waals surface area contributed by atoms with Crippen LogP contribution in [0.5, 0.6) is 5.75 Å². The van der Waals surface area contributed by atoms with Crippen molar-refractivity contribution in [2.75, 3.05) is 33.8 Å². The molecule has 0 radical (unpaired) electrons. The van der Waals surface area contributed by atoms with Gasteiger partial charge in [0, 0.05) is 19.5 Å². The molecule has 1 aliphatic heterocycles. The Labute approximate surface area is 146 Å². The number of benzene rings is 1. The van der Waals surface area contributed by atoms with Gasteiger partial charge in [-0.3, -0.25) is 4.79 Å². The molecule has 1 fully saturated rings. The Morgan fingerprint density at radius 1 is 1.30 bits per heavy atom. The number of likely N-dealkylation sites (tertiary alicyclic amines) is 1. The van der Waals surface area contributed by atoms with E-state index in [1.807, 2.05) is 24.1 Å². The molecule has 1 atom stereocenters. The average Bonchev–Trinajstić information content (AvgIpc) is 2.55. The summed E-state index contributed by atoms with van der Waals surface area (Å²) in [5.41, 5.74) is 1.19. The number of halogens is 1. The fraction of sp³-hybridized carbons (Fsp3) is 0.611. The normalized spacial score (nSPS) is 16.6. The quantitative estimate of drug-likeness (QED) is 0.865. The Hall–Kier alpha value is -1.26. The van der Waals surface area contributed by atoms with Gasteiger partial charge in [-0.2, -0.15) is 0 Å². The lowest BCUT2D eigenvalue weighted by molar-refractivity contribution is -0.132. The van der Waals surface area contributed by atoms with E-state index < -0.39 is 0 Å². The lowest BCUT2D eigenvalue weighted by atomic mass is 9.94. The molecular weight excluding hydrogens is 312 g/mol. The summed E-state index contributed by atoms with van der Waals surface area (Å²) in [7, 11) is 3.66. The van der Waals surface area contributed by atoms with E-state index in [1.54, 1.807) is 7.11 Å². The van der Waals surface area contributed by atoms with Gasteiger partial charge in [0.1, 0.15) is 5.75 Å². The van der Waals surface area contributed by atoms with Crippen molar-refractivity contribution >= 4 is 18.3 Å². The minimum Gasteiger partial charge on any atom is -0.497 e. The standard InChI is InChI=1S/C18H28N2O2.ClH/c1-14(16-4-6-17(22-3)7-5-16)12-18(21)20-10-8-15(9-11-20)13-19-2;/h4-7,14-15,19H,8-13H2,1-3H3;1H. The van der Waals surface area contributed by atoms with Crippen molar-refractivity contribution in [3.63, 3.8) is 0 Å². The van der Waals surface area contributed by atoms with E-state index in [-0.39, 0.29) is 24.2 Å². The molecule has 2 rings (SSSR count). The number of nitrogens with one attached hydrogen (secondary N) is 1. The molecule has 0 aromatic heterocycles. The van der Waals surface area contributed by atoms with E-state index in [0.29, 0.717) is 12.3 Å². The fourth-order valence-corrected chi connectivity index (χ4v) is 3.12. The summed E-state index contributed by atoms with van der Waals surface area (Å²) in [4.78, 5) is 14.5. The molecule has 4 nitrogen and oxygen atoms in total. The summed E-state index contributed by atoms with van der Waals surface area (Å²) >= 11 is 0. The molecule has 1 aromatic rings. The fourth-order valence-electron chi connectivity index (χ4n) is 3.12. The van der Waals surface area contributed by atoms with Gasteiger partial charge in [0.25, 0.3) is 0 Å². The van der Waals surface area contributed by atoms with E-state index in [9.17, 15) is 4.79 Å². The van der Waals surface area contributed by atoms with Crippen molar-refractivity contribution in [2.45, 2.75) is 32.1 Å². The summed E-state index contributed by atoms with van der Waals surface area (Å²) in [6.45, 7) is 4.98. The number of carbonyl (C=O) groups excluding carboxylic acids is 1. The summed E-state index contributed by atoms with van der Waals surface area (Å²) in [6, 6.07) is 8.02. The third-order valence-electron chi connectivity index (χ3n) is 4.63. The molecule has 1 unspecified atom stereocenters. The Bertz CT molecular complexity index is 470. The molecule has 5 heteroatoms. The smallest absolute Gasteiger partial charge is 0.223 e. The van der Waals surface area contributed by atoms with Crippen LogP contribution in [-0.2, 0) is 4.79 Å². The Balaban J connectivity index is 0.00000264. The predicted octanol–water partition coefficient (Wildman–Crippen LogP) is 3.07. The van der Waals surface area contributed by atoms with Crippen molar-refractivity contribution in [3.8, 4) is 5.75 Å². The molecule has 1 aromatic carbocycles. The number of piperidine rings is 1. The number of hydrogen-bond acceptors (Lipinski definition) is 3. The van der Waals surface area contributed by atoms with E-state index in [1.165, 1.54) is 5.56 Å². The zero-order valence-electron chi connectivity index (χ0n) is 14.4. The van der Waals surface area contributed by atoms with Gasteiger partial charge in [0.15, 0.2) is 0 Å². The second-order valence-corrected chi connectivity index (χ2v) is 6.26. The number of carbonyl (C=O) groups is 1. The topological polar surface area (TPSA) is 41.6 Å². The van der Waals surface area contributed by atoms with Crippen LogP contribution in [-0.4, -0.2) is 44.6 Å². The molecule has 130 valence electrons. The van der Waals surface area contributed by atoms with Crippen molar-refractivity contribution in [1.82, 2.24) is 10.2 Å². The number of methoxy groups -OCH3 is 1. The minimum atomic E-state index is 0. The van der Waals surface area contributed by atoms with Gasteiger partial charge in [0.05, 0.1) is 7.11 Å². The van der Waals surface area contributed by atoms with Crippen molar-refractivity contribution < 1.29 is 9.53 Å². The van der Waals surface area contributed by atoms with Crippen molar-refractivity contribution in [3.05, 3.63) is 29.8 Å². The second-order valence-electron chi connectivity index (χ2n) is 6.26. The monoisotopic (exact) mass is 340 g/mol. The van der Waals surface area contributed by atoms with Gasteiger partial charge in [-0.05, 0) is 56.0 Å². The molecule has 23 heavy (non-hydrogen) atoms.